The van der Waals surface area contributed by atoms with E-state index in [1.807, 2.05) is 11.8 Å². The molecule has 0 saturated carbocycles. The molecule has 1 unspecified atom stereocenters. The lowest BCUT2D eigenvalue weighted by atomic mass is 10.2. The zero-order valence-electron chi connectivity index (χ0n) is 8.03. The van der Waals surface area contributed by atoms with Crippen LogP contribution in [0.1, 0.15) is 19.3 Å². The van der Waals surface area contributed by atoms with Gasteiger partial charge in [0.1, 0.15) is 0 Å². The van der Waals surface area contributed by atoms with Crippen LogP contribution in [0.3, 0.4) is 0 Å². The van der Waals surface area contributed by atoms with Gasteiger partial charge in [0.05, 0.1) is 0 Å². The highest BCUT2D eigenvalue weighted by molar-refractivity contribution is 7.99. The maximum absolute atomic E-state index is 10.3. The number of aliphatic carboxylic acids is 1. The number of rotatable bonds is 5. The molecule has 1 aliphatic heterocycles. The van der Waals surface area contributed by atoms with Crippen LogP contribution in [0.5, 0.6) is 0 Å². The van der Waals surface area contributed by atoms with Gasteiger partial charge in [0.2, 0.25) is 0 Å². The minimum atomic E-state index is -0.686. The highest BCUT2D eigenvalue weighted by Crippen LogP contribution is 2.21. The molecule has 0 amide bonds. The Bertz CT molecular complexity index is 169. The van der Waals surface area contributed by atoms with Crippen molar-refractivity contribution >= 4 is 17.7 Å². The molecular formula is C9H17NO2S. The molecule has 76 valence electrons. The van der Waals surface area contributed by atoms with Crippen LogP contribution in [0.2, 0.25) is 0 Å². The van der Waals surface area contributed by atoms with Gasteiger partial charge in [0, 0.05) is 18.2 Å². The third-order valence-electron chi connectivity index (χ3n) is 2.43. The summed E-state index contributed by atoms with van der Waals surface area (Å²) in [4.78, 5) is 12.6. The van der Waals surface area contributed by atoms with E-state index < -0.39 is 5.97 Å². The molecule has 1 N–H and O–H groups in total. The number of carboxylic acids is 1. The predicted molar refractivity (Wildman–Crippen MR) is 55.2 cm³/mol. The van der Waals surface area contributed by atoms with Crippen LogP contribution in [-0.4, -0.2) is 47.1 Å². The number of hydrogen-bond donors (Lipinski definition) is 1. The Balaban J connectivity index is 2.09. The van der Waals surface area contributed by atoms with Crippen molar-refractivity contribution in [1.29, 1.82) is 0 Å². The van der Waals surface area contributed by atoms with Crippen LogP contribution in [0, 0.1) is 0 Å². The van der Waals surface area contributed by atoms with Gasteiger partial charge < -0.3 is 10.0 Å². The van der Waals surface area contributed by atoms with E-state index in [1.54, 1.807) is 0 Å². The van der Waals surface area contributed by atoms with Gasteiger partial charge in [0.15, 0.2) is 0 Å². The van der Waals surface area contributed by atoms with Crippen molar-refractivity contribution in [2.75, 3.05) is 25.1 Å². The topological polar surface area (TPSA) is 40.5 Å². The number of carboxylic acid groups (broad SMARTS) is 1. The van der Waals surface area contributed by atoms with Crippen molar-refractivity contribution in [3.05, 3.63) is 0 Å². The number of hydrogen-bond acceptors (Lipinski definition) is 3. The van der Waals surface area contributed by atoms with Crippen LogP contribution in [0.25, 0.3) is 0 Å². The van der Waals surface area contributed by atoms with Crippen LogP contribution < -0.4 is 0 Å². The molecule has 4 heteroatoms. The van der Waals surface area contributed by atoms with Crippen molar-refractivity contribution in [2.45, 2.75) is 25.3 Å². The van der Waals surface area contributed by atoms with Crippen LogP contribution >= 0.6 is 11.8 Å². The van der Waals surface area contributed by atoms with Crippen LogP contribution in [-0.2, 0) is 4.79 Å². The molecule has 0 radical (unpaired) electrons. The summed E-state index contributed by atoms with van der Waals surface area (Å²) in [5.74, 6) is 1.78. The van der Waals surface area contributed by atoms with Crippen molar-refractivity contribution in [3.8, 4) is 0 Å². The van der Waals surface area contributed by atoms with E-state index in [4.69, 9.17) is 5.11 Å². The molecule has 1 fully saturated rings. The number of nitrogens with zero attached hydrogens (tertiary/aromatic N) is 1. The van der Waals surface area contributed by atoms with Gasteiger partial charge >= 0.3 is 5.97 Å². The van der Waals surface area contributed by atoms with E-state index in [0.717, 1.165) is 13.0 Å². The lowest BCUT2D eigenvalue weighted by molar-refractivity contribution is -0.137. The zero-order chi connectivity index (χ0) is 9.68. The van der Waals surface area contributed by atoms with Crippen molar-refractivity contribution < 1.29 is 9.90 Å². The van der Waals surface area contributed by atoms with Gasteiger partial charge in [-0.25, -0.2) is 0 Å². The highest BCUT2D eigenvalue weighted by atomic mass is 32.2. The molecular weight excluding hydrogens is 186 g/mol. The smallest absolute Gasteiger partial charge is 0.303 e. The average molecular weight is 203 g/mol. The Morgan fingerprint density at radius 1 is 1.69 bits per heavy atom. The summed E-state index contributed by atoms with van der Waals surface area (Å²) in [6.45, 7) is 0.914. The Labute approximate surface area is 83.5 Å². The molecule has 1 aliphatic rings. The first kappa shape index (κ1) is 10.9. The number of carbonyl (C=O) groups is 1. The standard InChI is InChI=1S/C9H17NO2S/c1-10(5-2-3-9(11)12)8-4-6-13-7-8/h8H,2-7H2,1H3,(H,11,12). The third kappa shape index (κ3) is 4.00. The van der Waals surface area contributed by atoms with E-state index in [9.17, 15) is 4.79 Å². The Morgan fingerprint density at radius 3 is 3.00 bits per heavy atom. The molecule has 0 aromatic rings. The average Bonchev–Trinajstić information content (AvgIpc) is 2.55. The van der Waals surface area contributed by atoms with Gasteiger partial charge in [-0.3, -0.25) is 4.79 Å². The maximum Gasteiger partial charge on any atom is 0.303 e. The second-order valence-electron chi connectivity index (χ2n) is 3.50. The molecule has 1 heterocycles. The molecule has 13 heavy (non-hydrogen) atoms. The normalized spacial score (nSPS) is 22.5. The SMILES string of the molecule is CN(CCCC(=O)O)C1CCSC1. The maximum atomic E-state index is 10.3. The Kier molecular flexibility index (Phi) is 4.59. The molecule has 0 bridgehead atoms. The third-order valence-corrected chi connectivity index (χ3v) is 3.58. The van der Waals surface area contributed by atoms with Crippen molar-refractivity contribution in [2.24, 2.45) is 0 Å². The van der Waals surface area contributed by atoms with E-state index in [1.165, 1.54) is 17.9 Å². The minimum absolute atomic E-state index is 0.296. The van der Waals surface area contributed by atoms with Crippen LogP contribution in [0.15, 0.2) is 0 Å². The highest BCUT2D eigenvalue weighted by Gasteiger charge is 2.19. The first-order valence-electron chi connectivity index (χ1n) is 4.70. The quantitative estimate of drug-likeness (QED) is 0.731. The summed E-state index contributed by atoms with van der Waals surface area (Å²) in [6.07, 6.45) is 2.32. The molecule has 3 nitrogen and oxygen atoms in total. The van der Waals surface area contributed by atoms with Gasteiger partial charge in [-0.2, -0.15) is 11.8 Å². The lowest BCUT2D eigenvalue weighted by Crippen LogP contribution is -2.32. The fourth-order valence-electron chi connectivity index (χ4n) is 1.53. The summed E-state index contributed by atoms with van der Waals surface area (Å²) in [7, 11) is 2.10. The summed E-state index contributed by atoms with van der Waals surface area (Å²) in [6, 6.07) is 0.679. The van der Waals surface area contributed by atoms with E-state index in [2.05, 4.69) is 11.9 Å². The summed E-state index contributed by atoms with van der Waals surface area (Å²) in [5.41, 5.74) is 0. The Hall–Kier alpha value is -0.220. The molecule has 1 atom stereocenters. The monoisotopic (exact) mass is 203 g/mol. The summed E-state index contributed by atoms with van der Waals surface area (Å²) in [5, 5.41) is 8.47. The fraction of sp³-hybridized carbons (Fsp3) is 0.889. The molecule has 0 spiro atoms. The van der Waals surface area contributed by atoms with Crippen molar-refractivity contribution in [1.82, 2.24) is 4.90 Å². The van der Waals surface area contributed by atoms with Crippen molar-refractivity contribution in [3.63, 3.8) is 0 Å². The minimum Gasteiger partial charge on any atom is -0.481 e. The van der Waals surface area contributed by atoms with E-state index >= 15 is 0 Å². The molecule has 0 aromatic heterocycles. The second kappa shape index (κ2) is 5.50. The van der Waals surface area contributed by atoms with E-state index in [-0.39, 0.29) is 0 Å². The van der Waals surface area contributed by atoms with Gasteiger partial charge in [0.25, 0.3) is 0 Å². The fourth-order valence-corrected chi connectivity index (χ4v) is 2.83. The molecule has 1 saturated heterocycles. The molecule has 1 rings (SSSR count). The Morgan fingerprint density at radius 2 is 2.46 bits per heavy atom. The van der Waals surface area contributed by atoms with Crippen LogP contribution in [0.4, 0.5) is 0 Å². The zero-order valence-corrected chi connectivity index (χ0v) is 8.85. The summed E-state index contributed by atoms with van der Waals surface area (Å²) >= 11 is 1.99. The lowest BCUT2D eigenvalue weighted by Gasteiger charge is -2.22. The first-order valence-corrected chi connectivity index (χ1v) is 5.85. The van der Waals surface area contributed by atoms with Gasteiger partial charge in [-0.15, -0.1) is 0 Å². The van der Waals surface area contributed by atoms with Gasteiger partial charge in [-0.1, -0.05) is 0 Å². The summed E-state index contributed by atoms with van der Waals surface area (Å²) < 4.78 is 0. The van der Waals surface area contributed by atoms with Gasteiger partial charge in [-0.05, 0) is 32.2 Å². The second-order valence-corrected chi connectivity index (χ2v) is 4.65. The first-order chi connectivity index (χ1) is 6.20. The van der Waals surface area contributed by atoms with E-state index in [0.29, 0.717) is 12.5 Å². The number of thioether (sulfide) groups is 1. The largest absolute Gasteiger partial charge is 0.481 e. The molecule has 0 aliphatic carbocycles. The predicted octanol–water partition coefficient (Wildman–Crippen LogP) is 1.29. The molecule has 0 aromatic carbocycles.